The highest BCUT2D eigenvalue weighted by molar-refractivity contribution is 6.30. The van der Waals surface area contributed by atoms with Crippen molar-refractivity contribution in [3.63, 3.8) is 0 Å². The van der Waals surface area contributed by atoms with Crippen LogP contribution in [0.25, 0.3) is 5.69 Å². The third-order valence-electron chi connectivity index (χ3n) is 2.23. The van der Waals surface area contributed by atoms with Gasteiger partial charge < -0.3 is 10.4 Å². The summed E-state index contributed by atoms with van der Waals surface area (Å²) in [5, 5.41) is 16.6. The number of carbonyl (C=O) groups is 1. The lowest BCUT2D eigenvalue weighted by molar-refractivity contribution is 0.0955. The molecule has 1 aromatic carbocycles. The minimum absolute atomic E-state index is 0.0116. The summed E-state index contributed by atoms with van der Waals surface area (Å²) in [4.78, 5) is 11.4. The van der Waals surface area contributed by atoms with Gasteiger partial charge in [-0.1, -0.05) is 11.6 Å². The molecule has 1 aromatic heterocycles. The average molecular weight is 252 g/mol. The number of halogens is 1. The highest BCUT2D eigenvalue weighted by atomic mass is 35.5. The van der Waals surface area contributed by atoms with Crippen LogP contribution in [0.2, 0.25) is 5.02 Å². The summed E-state index contributed by atoms with van der Waals surface area (Å²) in [5.41, 5.74) is 0.697. The summed E-state index contributed by atoms with van der Waals surface area (Å²) >= 11 is 5.77. The van der Waals surface area contributed by atoms with E-state index in [-0.39, 0.29) is 11.4 Å². The van der Waals surface area contributed by atoms with E-state index in [1.807, 2.05) is 0 Å². The molecule has 0 aliphatic rings. The molecule has 2 N–H and O–H groups in total. The largest absolute Gasteiger partial charge is 0.504 e. The van der Waals surface area contributed by atoms with E-state index in [2.05, 4.69) is 10.4 Å². The van der Waals surface area contributed by atoms with Crippen LogP contribution < -0.4 is 5.32 Å². The van der Waals surface area contributed by atoms with Crippen LogP contribution in [-0.4, -0.2) is 27.8 Å². The van der Waals surface area contributed by atoms with E-state index in [0.29, 0.717) is 10.7 Å². The van der Waals surface area contributed by atoms with Crippen molar-refractivity contribution in [2.24, 2.45) is 0 Å². The summed E-state index contributed by atoms with van der Waals surface area (Å²) in [6.45, 7) is 0. The van der Waals surface area contributed by atoms with E-state index in [9.17, 15) is 9.90 Å². The molecule has 1 heterocycles. The molecule has 0 unspecified atom stereocenters. The number of rotatable bonds is 2. The third kappa shape index (κ3) is 2.24. The first-order chi connectivity index (χ1) is 8.11. The number of hydrogen-bond donors (Lipinski definition) is 2. The summed E-state index contributed by atoms with van der Waals surface area (Å²) < 4.78 is 1.41. The molecule has 0 spiro atoms. The molecule has 0 saturated carbocycles. The van der Waals surface area contributed by atoms with Crippen LogP contribution in [0, 0.1) is 0 Å². The summed E-state index contributed by atoms with van der Waals surface area (Å²) in [5.74, 6) is -0.602. The van der Waals surface area contributed by atoms with Crippen LogP contribution in [0.4, 0.5) is 0 Å². The Balaban J connectivity index is 2.41. The zero-order chi connectivity index (χ0) is 12.4. The van der Waals surface area contributed by atoms with Crippen LogP contribution in [-0.2, 0) is 0 Å². The van der Waals surface area contributed by atoms with E-state index in [1.54, 1.807) is 24.3 Å². The Morgan fingerprint density at radius 2 is 2.06 bits per heavy atom. The predicted octanol–water partition coefficient (Wildman–Crippen LogP) is 1.59. The molecule has 0 fully saturated rings. The molecule has 17 heavy (non-hydrogen) atoms. The van der Waals surface area contributed by atoms with Crippen molar-refractivity contribution >= 4 is 17.5 Å². The first-order valence-corrected chi connectivity index (χ1v) is 5.26. The van der Waals surface area contributed by atoms with Crippen molar-refractivity contribution in [3.05, 3.63) is 41.2 Å². The number of hydrogen-bond acceptors (Lipinski definition) is 3. The predicted molar refractivity (Wildman–Crippen MR) is 63.6 cm³/mol. The molecule has 0 saturated heterocycles. The first-order valence-electron chi connectivity index (χ1n) is 4.88. The van der Waals surface area contributed by atoms with Crippen molar-refractivity contribution in [1.29, 1.82) is 0 Å². The molecule has 0 aliphatic carbocycles. The zero-order valence-electron chi connectivity index (χ0n) is 9.01. The van der Waals surface area contributed by atoms with Gasteiger partial charge in [0.15, 0.2) is 11.4 Å². The van der Waals surface area contributed by atoms with E-state index in [4.69, 9.17) is 11.6 Å². The van der Waals surface area contributed by atoms with Crippen molar-refractivity contribution in [2.75, 3.05) is 7.05 Å². The number of aromatic hydroxyl groups is 1. The lowest BCUT2D eigenvalue weighted by Crippen LogP contribution is -2.18. The maximum atomic E-state index is 11.4. The Hall–Kier alpha value is -2.01. The van der Waals surface area contributed by atoms with Gasteiger partial charge in [-0.2, -0.15) is 5.10 Å². The molecular formula is C11H10ClN3O2. The van der Waals surface area contributed by atoms with Crippen LogP contribution in [0.1, 0.15) is 10.5 Å². The second-order valence-corrected chi connectivity index (χ2v) is 3.80. The van der Waals surface area contributed by atoms with Crippen molar-refractivity contribution in [1.82, 2.24) is 15.1 Å². The monoisotopic (exact) mass is 251 g/mol. The maximum Gasteiger partial charge on any atom is 0.275 e. The molecular weight excluding hydrogens is 242 g/mol. The van der Waals surface area contributed by atoms with Gasteiger partial charge in [0.1, 0.15) is 0 Å². The van der Waals surface area contributed by atoms with Crippen molar-refractivity contribution in [3.8, 4) is 11.4 Å². The topological polar surface area (TPSA) is 67.2 Å². The van der Waals surface area contributed by atoms with Gasteiger partial charge in [-0.25, -0.2) is 4.68 Å². The second-order valence-electron chi connectivity index (χ2n) is 3.36. The van der Waals surface area contributed by atoms with Gasteiger partial charge in [0.2, 0.25) is 0 Å². The minimum atomic E-state index is -0.435. The van der Waals surface area contributed by atoms with Crippen molar-refractivity contribution in [2.45, 2.75) is 0 Å². The normalized spacial score (nSPS) is 10.2. The Morgan fingerprint density at radius 3 is 2.65 bits per heavy atom. The van der Waals surface area contributed by atoms with Crippen LogP contribution in [0.5, 0.6) is 5.75 Å². The smallest absolute Gasteiger partial charge is 0.275 e. The Kier molecular flexibility index (Phi) is 3.01. The number of amides is 1. The van der Waals surface area contributed by atoms with Gasteiger partial charge in [0, 0.05) is 12.1 Å². The maximum absolute atomic E-state index is 11.4. The van der Waals surface area contributed by atoms with Gasteiger partial charge >= 0.3 is 0 Å². The Morgan fingerprint density at radius 1 is 1.41 bits per heavy atom. The molecule has 0 atom stereocenters. The lowest BCUT2D eigenvalue weighted by atomic mass is 10.3. The molecule has 2 rings (SSSR count). The van der Waals surface area contributed by atoms with Gasteiger partial charge in [-0.3, -0.25) is 4.79 Å². The number of benzene rings is 1. The molecule has 1 amide bonds. The molecule has 0 radical (unpaired) electrons. The summed E-state index contributed by atoms with van der Waals surface area (Å²) in [6, 6.07) is 6.88. The fourth-order valence-corrected chi connectivity index (χ4v) is 1.50. The van der Waals surface area contributed by atoms with Gasteiger partial charge in [-0.15, -0.1) is 0 Å². The van der Waals surface area contributed by atoms with Crippen LogP contribution >= 0.6 is 11.6 Å². The molecule has 0 aliphatic heterocycles. The van der Waals surface area contributed by atoms with E-state index < -0.39 is 5.91 Å². The van der Waals surface area contributed by atoms with E-state index >= 15 is 0 Å². The fourth-order valence-electron chi connectivity index (χ4n) is 1.37. The van der Waals surface area contributed by atoms with Gasteiger partial charge in [-0.05, 0) is 24.3 Å². The number of aromatic nitrogens is 2. The van der Waals surface area contributed by atoms with Gasteiger partial charge in [0.25, 0.3) is 5.91 Å². The number of carbonyl (C=O) groups excluding carboxylic acids is 1. The molecule has 88 valence electrons. The summed E-state index contributed by atoms with van der Waals surface area (Å²) in [6.07, 6.45) is 1.37. The molecule has 6 heteroatoms. The minimum Gasteiger partial charge on any atom is -0.504 e. The number of nitrogens with zero attached hydrogens (tertiary/aromatic N) is 2. The average Bonchev–Trinajstić information content (AvgIpc) is 2.71. The molecule has 2 aromatic rings. The van der Waals surface area contributed by atoms with Crippen LogP contribution in [0.15, 0.2) is 30.5 Å². The second kappa shape index (κ2) is 4.47. The standard InChI is InChI=1S/C11H10ClN3O2/c1-13-11(17)10-9(16)6-15(14-10)8-4-2-7(12)3-5-8/h2-6,16H,1H3,(H,13,17). The van der Waals surface area contributed by atoms with Gasteiger partial charge in [0.05, 0.1) is 11.9 Å². The Labute approximate surface area is 103 Å². The zero-order valence-corrected chi connectivity index (χ0v) is 9.77. The van der Waals surface area contributed by atoms with Crippen LogP contribution in [0.3, 0.4) is 0 Å². The fraction of sp³-hybridized carbons (Fsp3) is 0.0909. The van der Waals surface area contributed by atoms with E-state index in [1.165, 1.54) is 17.9 Å². The summed E-state index contributed by atoms with van der Waals surface area (Å²) in [7, 11) is 1.48. The highest BCUT2D eigenvalue weighted by Crippen LogP contribution is 2.19. The number of nitrogens with one attached hydrogen (secondary N) is 1. The highest BCUT2D eigenvalue weighted by Gasteiger charge is 2.15. The quantitative estimate of drug-likeness (QED) is 0.852. The van der Waals surface area contributed by atoms with Crippen molar-refractivity contribution < 1.29 is 9.90 Å². The third-order valence-corrected chi connectivity index (χ3v) is 2.48. The Bertz CT molecular complexity index is 548. The molecule has 5 nitrogen and oxygen atoms in total. The molecule has 0 bridgehead atoms. The lowest BCUT2D eigenvalue weighted by Gasteiger charge is -2.00. The SMILES string of the molecule is CNC(=O)c1nn(-c2ccc(Cl)cc2)cc1O. The first kappa shape index (κ1) is 11.5. The van der Waals surface area contributed by atoms with E-state index in [0.717, 1.165) is 0 Å².